The van der Waals surface area contributed by atoms with E-state index in [0.29, 0.717) is 0 Å². The summed E-state index contributed by atoms with van der Waals surface area (Å²) in [5, 5.41) is 5.43. The third kappa shape index (κ3) is 3.87. The molecule has 1 aromatic heterocycles. The molecule has 3 rings (SSSR count). The fourth-order valence-corrected chi connectivity index (χ4v) is 4.24. The second-order valence-corrected chi connectivity index (χ2v) is 7.53. The topological polar surface area (TPSA) is 32.3 Å². The van der Waals surface area contributed by atoms with E-state index in [1.165, 1.54) is 16.0 Å². The van der Waals surface area contributed by atoms with E-state index >= 15 is 0 Å². The van der Waals surface area contributed by atoms with Gasteiger partial charge in [0.1, 0.15) is 0 Å². The molecule has 2 aromatic rings. The molecule has 0 unspecified atom stereocenters. The van der Waals surface area contributed by atoms with E-state index in [-0.39, 0.29) is 18.0 Å². The van der Waals surface area contributed by atoms with E-state index in [2.05, 4.69) is 40.7 Å². The van der Waals surface area contributed by atoms with Crippen LogP contribution in [-0.4, -0.2) is 23.4 Å². The summed E-state index contributed by atoms with van der Waals surface area (Å²) in [7, 11) is 0. The third-order valence-corrected chi connectivity index (χ3v) is 5.88. The molecule has 128 valence electrons. The molecule has 4 heteroatoms. The molecule has 1 aromatic carbocycles. The fourth-order valence-electron chi connectivity index (χ4n) is 3.36. The van der Waals surface area contributed by atoms with Crippen LogP contribution >= 0.6 is 11.3 Å². The van der Waals surface area contributed by atoms with Crippen molar-refractivity contribution in [3.05, 3.63) is 57.8 Å². The first kappa shape index (κ1) is 17.2. The van der Waals surface area contributed by atoms with Crippen molar-refractivity contribution in [3.63, 3.8) is 0 Å². The number of hydrogen-bond donors (Lipinski definition) is 1. The normalized spacial score (nSPS) is 17.1. The maximum atomic E-state index is 12.8. The first-order chi connectivity index (χ1) is 11.7. The number of benzene rings is 1. The summed E-state index contributed by atoms with van der Waals surface area (Å²) in [6.45, 7) is 6.04. The van der Waals surface area contributed by atoms with Gasteiger partial charge in [-0.25, -0.2) is 0 Å². The Kier molecular flexibility index (Phi) is 5.69. The second-order valence-electron chi connectivity index (χ2n) is 6.53. The van der Waals surface area contributed by atoms with Crippen molar-refractivity contribution in [2.75, 3.05) is 6.54 Å². The number of nitrogens with zero attached hydrogens (tertiary/aromatic N) is 1. The summed E-state index contributed by atoms with van der Waals surface area (Å²) in [6.07, 6.45) is 3.08. The van der Waals surface area contributed by atoms with E-state index < -0.39 is 0 Å². The summed E-state index contributed by atoms with van der Waals surface area (Å²) in [4.78, 5) is 16.6. The number of rotatable bonds is 6. The molecule has 24 heavy (non-hydrogen) atoms. The van der Waals surface area contributed by atoms with Gasteiger partial charge in [-0.3, -0.25) is 9.69 Å². The fraction of sp³-hybridized carbons (Fsp3) is 0.450. The van der Waals surface area contributed by atoms with E-state index in [1.807, 2.05) is 36.5 Å². The molecule has 1 amide bonds. The maximum Gasteiger partial charge on any atom is 0.237 e. The third-order valence-electron chi connectivity index (χ3n) is 4.86. The lowest BCUT2D eigenvalue weighted by molar-refractivity contribution is -0.127. The minimum absolute atomic E-state index is 0.0962. The van der Waals surface area contributed by atoms with Gasteiger partial charge in [0, 0.05) is 18.0 Å². The van der Waals surface area contributed by atoms with Gasteiger partial charge in [0.25, 0.3) is 0 Å². The van der Waals surface area contributed by atoms with Crippen LogP contribution < -0.4 is 5.32 Å². The Morgan fingerprint density at radius 1 is 1.29 bits per heavy atom. The molecule has 0 radical (unpaired) electrons. The highest BCUT2D eigenvalue weighted by molar-refractivity contribution is 7.10. The molecule has 0 aliphatic carbocycles. The highest BCUT2D eigenvalue weighted by atomic mass is 32.1. The van der Waals surface area contributed by atoms with Gasteiger partial charge in [0.2, 0.25) is 5.91 Å². The molecule has 0 saturated carbocycles. The Balaban J connectivity index is 1.64. The van der Waals surface area contributed by atoms with Gasteiger partial charge >= 0.3 is 0 Å². The van der Waals surface area contributed by atoms with Gasteiger partial charge in [0.15, 0.2) is 0 Å². The predicted octanol–water partition coefficient (Wildman–Crippen LogP) is 4.15. The van der Waals surface area contributed by atoms with E-state index in [1.54, 1.807) is 0 Å². The maximum absolute atomic E-state index is 12.8. The minimum atomic E-state index is -0.0962. The van der Waals surface area contributed by atoms with Crippen molar-refractivity contribution in [2.45, 2.75) is 51.7 Å². The number of amides is 1. The van der Waals surface area contributed by atoms with Crippen LogP contribution in [0.1, 0.15) is 48.7 Å². The zero-order valence-electron chi connectivity index (χ0n) is 14.5. The standard InChI is InChI=1S/C20H26N2OS/c1-3-7-18(16-8-5-4-6-9-16)21-20(23)15(2)22-12-10-19-17(14-22)11-13-24-19/h4-6,8-9,11,13,15,18H,3,7,10,12,14H2,1-2H3,(H,21,23)/t15-,18-/m1/s1. The van der Waals surface area contributed by atoms with Crippen molar-refractivity contribution in [2.24, 2.45) is 0 Å². The van der Waals surface area contributed by atoms with Gasteiger partial charge < -0.3 is 5.32 Å². The molecule has 3 nitrogen and oxygen atoms in total. The molecular formula is C20H26N2OS. The lowest BCUT2D eigenvalue weighted by Crippen LogP contribution is -2.47. The highest BCUT2D eigenvalue weighted by Crippen LogP contribution is 2.25. The molecule has 0 fully saturated rings. The first-order valence-corrected chi connectivity index (χ1v) is 9.71. The molecule has 1 N–H and O–H groups in total. The Morgan fingerprint density at radius 3 is 2.83 bits per heavy atom. The molecule has 2 atom stereocenters. The molecule has 1 aliphatic heterocycles. The Labute approximate surface area is 148 Å². The highest BCUT2D eigenvalue weighted by Gasteiger charge is 2.27. The van der Waals surface area contributed by atoms with Crippen LogP contribution in [0.3, 0.4) is 0 Å². The number of hydrogen-bond acceptors (Lipinski definition) is 3. The summed E-state index contributed by atoms with van der Waals surface area (Å²) < 4.78 is 0. The lowest BCUT2D eigenvalue weighted by atomic mass is 10.0. The van der Waals surface area contributed by atoms with E-state index in [9.17, 15) is 4.79 Å². The average Bonchev–Trinajstić information content (AvgIpc) is 3.09. The smallest absolute Gasteiger partial charge is 0.237 e. The quantitative estimate of drug-likeness (QED) is 0.855. The Morgan fingerprint density at radius 2 is 2.08 bits per heavy atom. The predicted molar refractivity (Wildman–Crippen MR) is 100 cm³/mol. The van der Waals surface area contributed by atoms with Crippen LogP contribution in [0.2, 0.25) is 0 Å². The van der Waals surface area contributed by atoms with Crippen molar-refractivity contribution in [1.82, 2.24) is 10.2 Å². The van der Waals surface area contributed by atoms with Crippen molar-refractivity contribution >= 4 is 17.2 Å². The Hall–Kier alpha value is -1.65. The summed E-state index contributed by atoms with van der Waals surface area (Å²) in [6, 6.07) is 12.5. The molecule has 0 saturated heterocycles. The van der Waals surface area contributed by atoms with Gasteiger partial charge in [0.05, 0.1) is 12.1 Å². The van der Waals surface area contributed by atoms with Crippen LogP contribution in [0.5, 0.6) is 0 Å². The number of carbonyl (C=O) groups is 1. The van der Waals surface area contributed by atoms with Gasteiger partial charge in [-0.1, -0.05) is 43.7 Å². The van der Waals surface area contributed by atoms with Gasteiger partial charge in [-0.2, -0.15) is 0 Å². The van der Waals surface area contributed by atoms with E-state index in [4.69, 9.17) is 0 Å². The zero-order chi connectivity index (χ0) is 16.9. The van der Waals surface area contributed by atoms with Crippen LogP contribution in [0.15, 0.2) is 41.8 Å². The molecule has 2 heterocycles. The average molecular weight is 343 g/mol. The van der Waals surface area contributed by atoms with Crippen molar-refractivity contribution in [1.29, 1.82) is 0 Å². The largest absolute Gasteiger partial charge is 0.348 e. The SMILES string of the molecule is CCC[C@@H](NC(=O)[C@@H](C)N1CCc2sccc2C1)c1ccccc1. The number of nitrogens with one attached hydrogen (secondary N) is 1. The Bertz CT molecular complexity index is 667. The molecule has 1 aliphatic rings. The first-order valence-electron chi connectivity index (χ1n) is 8.83. The van der Waals surface area contributed by atoms with Crippen LogP contribution in [0.4, 0.5) is 0 Å². The second kappa shape index (κ2) is 7.95. The van der Waals surface area contributed by atoms with Crippen molar-refractivity contribution < 1.29 is 4.79 Å². The van der Waals surface area contributed by atoms with E-state index in [0.717, 1.165) is 32.4 Å². The van der Waals surface area contributed by atoms with Crippen molar-refractivity contribution in [3.8, 4) is 0 Å². The molecular weight excluding hydrogens is 316 g/mol. The number of thiophene rings is 1. The summed E-state index contributed by atoms with van der Waals surface area (Å²) in [5.41, 5.74) is 2.58. The van der Waals surface area contributed by atoms with Crippen LogP contribution in [0.25, 0.3) is 0 Å². The monoisotopic (exact) mass is 342 g/mol. The van der Waals surface area contributed by atoms with Gasteiger partial charge in [-0.15, -0.1) is 11.3 Å². The lowest BCUT2D eigenvalue weighted by Gasteiger charge is -2.32. The number of fused-ring (bicyclic) bond motifs is 1. The number of carbonyl (C=O) groups excluding carboxylic acids is 1. The van der Waals surface area contributed by atoms with Crippen LogP contribution in [-0.2, 0) is 17.8 Å². The zero-order valence-corrected chi connectivity index (χ0v) is 15.3. The van der Waals surface area contributed by atoms with Crippen LogP contribution in [0, 0.1) is 0 Å². The minimum Gasteiger partial charge on any atom is -0.348 e. The summed E-state index contributed by atoms with van der Waals surface area (Å²) >= 11 is 1.83. The summed E-state index contributed by atoms with van der Waals surface area (Å²) in [5.74, 6) is 0.135. The van der Waals surface area contributed by atoms with Gasteiger partial charge in [-0.05, 0) is 42.3 Å². The molecule has 0 bridgehead atoms. The molecule has 0 spiro atoms.